The average Bonchev–Trinajstić information content (AvgIpc) is 2.39. The van der Waals surface area contributed by atoms with E-state index in [1.54, 1.807) is 12.1 Å². The third-order valence-electron chi connectivity index (χ3n) is 2.55. The lowest BCUT2D eigenvalue weighted by molar-refractivity contribution is 0.203. The summed E-state index contributed by atoms with van der Waals surface area (Å²) in [6.07, 6.45) is -0.507. The van der Waals surface area contributed by atoms with Gasteiger partial charge >= 0.3 is 6.09 Å². The molecule has 2 N–H and O–H groups in total. The van der Waals surface area contributed by atoms with Gasteiger partial charge in [0.1, 0.15) is 5.75 Å². The molecule has 0 fully saturated rings. The molecule has 0 aliphatic rings. The Labute approximate surface area is 98.8 Å². The van der Waals surface area contributed by atoms with Crippen molar-refractivity contribution in [2.75, 3.05) is 7.05 Å². The second kappa shape index (κ2) is 4.84. The lowest BCUT2D eigenvalue weighted by Crippen LogP contribution is -2.22. The van der Waals surface area contributed by atoms with Crippen LogP contribution in [0.4, 0.5) is 4.79 Å². The third kappa shape index (κ3) is 2.21. The van der Waals surface area contributed by atoms with E-state index in [0.717, 1.165) is 16.3 Å². The van der Waals surface area contributed by atoms with Crippen LogP contribution in [0, 0.1) is 0 Å². The second-order valence-corrected chi connectivity index (χ2v) is 3.57. The van der Waals surface area contributed by atoms with Crippen LogP contribution < -0.4 is 10.1 Å². The normalized spacial score (nSPS) is 10.2. The molecular formula is C13H13NO3. The molecule has 1 amide bonds. The van der Waals surface area contributed by atoms with Gasteiger partial charge < -0.3 is 15.2 Å². The van der Waals surface area contributed by atoms with Crippen molar-refractivity contribution in [1.29, 1.82) is 0 Å². The van der Waals surface area contributed by atoms with Gasteiger partial charge in [0, 0.05) is 12.4 Å². The number of carbonyl (C=O) groups is 1. The lowest BCUT2D eigenvalue weighted by atomic mass is 10.0. The summed E-state index contributed by atoms with van der Waals surface area (Å²) in [6, 6.07) is 10.9. The summed E-state index contributed by atoms with van der Waals surface area (Å²) in [4.78, 5) is 11.2. The lowest BCUT2D eigenvalue weighted by Gasteiger charge is -2.09. The van der Waals surface area contributed by atoms with E-state index in [9.17, 15) is 9.90 Å². The fourth-order valence-corrected chi connectivity index (χ4v) is 1.71. The molecule has 0 unspecified atom stereocenters. The monoisotopic (exact) mass is 231 g/mol. The molecular weight excluding hydrogens is 218 g/mol. The van der Waals surface area contributed by atoms with Gasteiger partial charge in [-0.05, 0) is 17.0 Å². The SMILES string of the molecule is CNC(=O)Oc1ccc(CO)c2ccccc12. The molecule has 0 heterocycles. The first-order chi connectivity index (χ1) is 8.26. The van der Waals surface area contributed by atoms with Gasteiger partial charge in [-0.3, -0.25) is 0 Å². The fourth-order valence-electron chi connectivity index (χ4n) is 1.71. The van der Waals surface area contributed by atoms with E-state index < -0.39 is 6.09 Å². The van der Waals surface area contributed by atoms with Crippen LogP contribution >= 0.6 is 0 Å². The van der Waals surface area contributed by atoms with Crippen molar-refractivity contribution in [2.45, 2.75) is 6.61 Å². The summed E-state index contributed by atoms with van der Waals surface area (Å²) >= 11 is 0. The molecule has 0 atom stereocenters. The molecule has 2 aromatic carbocycles. The van der Waals surface area contributed by atoms with Crippen molar-refractivity contribution in [3.05, 3.63) is 42.0 Å². The first-order valence-electron chi connectivity index (χ1n) is 5.27. The van der Waals surface area contributed by atoms with E-state index in [-0.39, 0.29) is 6.61 Å². The average molecular weight is 231 g/mol. The quantitative estimate of drug-likeness (QED) is 0.831. The highest BCUT2D eigenvalue weighted by molar-refractivity contribution is 5.92. The van der Waals surface area contributed by atoms with E-state index in [1.165, 1.54) is 7.05 Å². The number of benzene rings is 2. The predicted molar refractivity (Wildman–Crippen MR) is 65.0 cm³/mol. The van der Waals surface area contributed by atoms with Gasteiger partial charge in [-0.25, -0.2) is 4.79 Å². The zero-order valence-electron chi connectivity index (χ0n) is 9.43. The minimum atomic E-state index is -0.507. The molecule has 0 bridgehead atoms. The molecule has 0 aromatic heterocycles. The zero-order valence-corrected chi connectivity index (χ0v) is 9.43. The summed E-state index contributed by atoms with van der Waals surface area (Å²) in [6.45, 7) is -0.0409. The topological polar surface area (TPSA) is 58.6 Å². The van der Waals surface area contributed by atoms with Gasteiger partial charge in [0.15, 0.2) is 0 Å². The van der Waals surface area contributed by atoms with Crippen LogP contribution in [-0.2, 0) is 6.61 Å². The zero-order chi connectivity index (χ0) is 12.3. The largest absolute Gasteiger partial charge is 0.412 e. The molecule has 2 aromatic rings. The van der Waals surface area contributed by atoms with Gasteiger partial charge in [-0.15, -0.1) is 0 Å². The highest BCUT2D eigenvalue weighted by Gasteiger charge is 2.08. The molecule has 2 rings (SSSR count). The Morgan fingerprint density at radius 3 is 2.59 bits per heavy atom. The number of hydrogen-bond donors (Lipinski definition) is 2. The van der Waals surface area contributed by atoms with Crippen molar-refractivity contribution in [2.24, 2.45) is 0 Å². The number of amides is 1. The maximum absolute atomic E-state index is 11.2. The van der Waals surface area contributed by atoms with E-state index >= 15 is 0 Å². The Morgan fingerprint density at radius 1 is 1.24 bits per heavy atom. The van der Waals surface area contributed by atoms with Gasteiger partial charge in [-0.1, -0.05) is 30.3 Å². The number of aliphatic hydroxyl groups is 1. The maximum Gasteiger partial charge on any atom is 0.412 e. The Kier molecular flexibility index (Phi) is 3.25. The summed E-state index contributed by atoms with van der Waals surface area (Å²) in [5, 5.41) is 13.3. The van der Waals surface area contributed by atoms with E-state index in [0.29, 0.717) is 5.75 Å². The number of rotatable bonds is 2. The van der Waals surface area contributed by atoms with E-state index in [4.69, 9.17) is 4.74 Å². The summed E-state index contributed by atoms with van der Waals surface area (Å²) in [5.74, 6) is 0.483. The van der Waals surface area contributed by atoms with Gasteiger partial charge in [0.2, 0.25) is 0 Å². The molecule has 0 saturated heterocycles. The number of nitrogens with one attached hydrogen (secondary N) is 1. The summed E-state index contributed by atoms with van der Waals surface area (Å²) in [5.41, 5.74) is 0.810. The molecule has 88 valence electrons. The van der Waals surface area contributed by atoms with Crippen LogP contribution in [0.1, 0.15) is 5.56 Å². The third-order valence-corrected chi connectivity index (χ3v) is 2.55. The van der Waals surface area contributed by atoms with Crippen LogP contribution in [0.15, 0.2) is 36.4 Å². The number of aliphatic hydroxyl groups excluding tert-OH is 1. The van der Waals surface area contributed by atoms with Crippen molar-refractivity contribution in [1.82, 2.24) is 5.32 Å². The molecule has 17 heavy (non-hydrogen) atoms. The smallest absolute Gasteiger partial charge is 0.410 e. The van der Waals surface area contributed by atoms with Gasteiger partial charge in [-0.2, -0.15) is 0 Å². The van der Waals surface area contributed by atoms with Crippen LogP contribution in [0.2, 0.25) is 0 Å². The van der Waals surface area contributed by atoms with Crippen molar-refractivity contribution < 1.29 is 14.6 Å². The molecule has 0 aliphatic carbocycles. The Morgan fingerprint density at radius 2 is 1.94 bits per heavy atom. The summed E-state index contributed by atoms with van der Waals surface area (Å²) in [7, 11) is 1.51. The minimum absolute atomic E-state index is 0.0409. The van der Waals surface area contributed by atoms with E-state index in [2.05, 4.69) is 5.32 Å². The first kappa shape index (κ1) is 11.4. The Hall–Kier alpha value is -2.07. The van der Waals surface area contributed by atoms with E-state index in [1.807, 2.05) is 24.3 Å². The maximum atomic E-state index is 11.2. The number of hydrogen-bond acceptors (Lipinski definition) is 3. The molecule has 4 nitrogen and oxygen atoms in total. The molecule has 4 heteroatoms. The molecule has 0 aliphatic heterocycles. The Bertz CT molecular complexity index is 551. The number of carbonyl (C=O) groups excluding carboxylic acids is 1. The van der Waals surface area contributed by atoms with Crippen molar-refractivity contribution >= 4 is 16.9 Å². The Balaban J connectivity index is 2.54. The number of fused-ring (bicyclic) bond motifs is 1. The standard InChI is InChI=1S/C13H13NO3/c1-14-13(16)17-12-7-6-9(8-15)10-4-2-3-5-11(10)12/h2-7,15H,8H2,1H3,(H,14,16). The fraction of sp³-hybridized carbons (Fsp3) is 0.154. The first-order valence-corrected chi connectivity index (χ1v) is 5.27. The highest BCUT2D eigenvalue weighted by Crippen LogP contribution is 2.28. The van der Waals surface area contributed by atoms with Crippen molar-refractivity contribution in [3.8, 4) is 5.75 Å². The van der Waals surface area contributed by atoms with Crippen LogP contribution in [0.3, 0.4) is 0 Å². The van der Waals surface area contributed by atoms with Crippen LogP contribution in [0.25, 0.3) is 10.8 Å². The predicted octanol–water partition coefficient (Wildman–Crippen LogP) is 2.05. The summed E-state index contributed by atoms with van der Waals surface area (Å²) < 4.78 is 5.14. The van der Waals surface area contributed by atoms with Crippen LogP contribution in [-0.4, -0.2) is 18.2 Å². The van der Waals surface area contributed by atoms with Crippen molar-refractivity contribution in [3.63, 3.8) is 0 Å². The molecule has 0 radical (unpaired) electrons. The van der Waals surface area contributed by atoms with Gasteiger partial charge in [0.05, 0.1) is 6.61 Å². The second-order valence-electron chi connectivity index (χ2n) is 3.57. The van der Waals surface area contributed by atoms with Gasteiger partial charge in [0.25, 0.3) is 0 Å². The highest BCUT2D eigenvalue weighted by atomic mass is 16.6. The molecule has 0 spiro atoms. The molecule has 0 saturated carbocycles. The minimum Gasteiger partial charge on any atom is -0.410 e. The van der Waals surface area contributed by atoms with Crippen LogP contribution in [0.5, 0.6) is 5.75 Å². The number of ether oxygens (including phenoxy) is 1.